The van der Waals surface area contributed by atoms with E-state index in [0.29, 0.717) is 0 Å². The van der Waals surface area contributed by atoms with E-state index in [4.69, 9.17) is 4.84 Å². The lowest BCUT2D eigenvalue weighted by atomic mass is 10.2. The highest BCUT2D eigenvalue weighted by Gasteiger charge is 2.44. The van der Waals surface area contributed by atoms with Gasteiger partial charge in [0.05, 0.1) is 12.0 Å². The summed E-state index contributed by atoms with van der Waals surface area (Å²) < 4.78 is 23.2. The Balaban J connectivity index is 3.24. The van der Waals surface area contributed by atoms with Gasteiger partial charge in [0, 0.05) is 7.05 Å². The number of hydrogen-bond donors (Lipinski definition) is 0. The third-order valence-electron chi connectivity index (χ3n) is 2.80. The summed E-state index contributed by atoms with van der Waals surface area (Å²) in [6.07, 6.45) is 0. The molecule has 1 rings (SSSR count). The van der Waals surface area contributed by atoms with E-state index in [0.717, 1.165) is 5.06 Å². The van der Waals surface area contributed by atoms with Crippen molar-refractivity contribution in [1.29, 1.82) is 0 Å². The molecule has 1 amide bonds. The maximum atomic E-state index is 12.4. The van der Waals surface area contributed by atoms with Gasteiger partial charge < -0.3 is 0 Å². The van der Waals surface area contributed by atoms with Crippen LogP contribution in [0.1, 0.15) is 13.8 Å². The zero-order valence-electron chi connectivity index (χ0n) is 10.9. The van der Waals surface area contributed by atoms with Crippen LogP contribution < -0.4 is 0 Å². The van der Waals surface area contributed by atoms with Crippen molar-refractivity contribution in [2.24, 2.45) is 0 Å². The lowest BCUT2D eigenvalue weighted by Gasteiger charge is -2.27. The highest BCUT2D eigenvalue weighted by Crippen LogP contribution is 2.26. The van der Waals surface area contributed by atoms with Gasteiger partial charge in [0.2, 0.25) is 0 Å². The van der Waals surface area contributed by atoms with Crippen molar-refractivity contribution in [3.63, 3.8) is 0 Å². The number of benzene rings is 1. The third-order valence-corrected chi connectivity index (χ3v) is 5.21. The molecule has 0 aromatic heterocycles. The molecule has 1 aromatic rings. The average molecular weight is 271 g/mol. The zero-order valence-corrected chi connectivity index (χ0v) is 11.7. The first-order valence-corrected chi connectivity index (χ1v) is 6.85. The van der Waals surface area contributed by atoms with Crippen molar-refractivity contribution >= 4 is 15.7 Å². The van der Waals surface area contributed by atoms with Crippen LogP contribution in [0.25, 0.3) is 0 Å². The van der Waals surface area contributed by atoms with E-state index < -0.39 is 20.5 Å². The van der Waals surface area contributed by atoms with Gasteiger partial charge in [-0.05, 0) is 26.0 Å². The first-order chi connectivity index (χ1) is 8.25. The van der Waals surface area contributed by atoms with E-state index >= 15 is 0 Å². The normalized spacial score (nSPS) is 12.2. The summed E-state index contributed by atoms with van der Waals surface area (Å²) in [6.45, 7) is 2.74. The number of amides is 1. The summed E-state index contributed by atoms with van der Waals surface area (Å²) in [5.74, 6) is -0.617. The van der Waals surface area contributed by atoms with Crippen LogP contribution >= 0.6 is 0 Å². The molecular formula is C12H17NO4S. The predicted octanol–water partition coefficient (Wildman–Crippen LogP) is 1.26. The van der Waals surface area contributed by atoms with Crippen molar-refractivity contribution in [2.75, 3.05) is 14.2 Å². The van der Waals surface area contributed by atoms with Crippen LogP contribution in [0.4, 0.5) is 0 Å². The molecule has 0 atom stereocenters. The van der Waals surface area contributed by atoms with Gasteiger partial charge in [-0.25, -0.2) is 13.5 Å². The van der Waals surface area contributed by atoms with Gasteiger partial charge in [-0.3, -0.25) is 9.63 Å². The van der Waals surface area contributed by atoms with Crippen LogP contribution in [0, 0.1) is 0 Å². The minimum atomic E-state index is -3.76. The summed E-state index contributed by atoms with van der Waals surface area (Å²) in [4.78, 5) is 16.9. The largest absolute Gasteiger partial charge is 0.275 e. The third kappa shape index (κ3) is 2.39. The highest BCUT2D eigenvalue weighted by molar-refractivity contribution is 7.93. The number of hydroxylamine groups is 2. The molecule has 5 nitrogen and oxygen atoms in total. The van der Waals surface area contributed by atoms with Crippen LogP contribution in [0.5, 0.6) is 0 Å². The average Bonchev–Trinajstić information content (AvgIpc) is 2.37. The summed E-state index contributed by atoms with van der Waals surface area (Å²) in [5, 5.41) is 0.917. The SMILES string of the molecule is CON(C)C(=O)C(C)(C)S(=O)(=O)c1ccccc1. The van der Waals surface area contributed by atoms with Crippen molar-refractivity contribution in [3.05, 3.63) is 30.3 Å². The lowest BCUT2D eigenvalue weighted by Crippen LogP contribution is -2.48. The lowest BCUT2D eigenvalue weighted by molar-refractivity contribution is -0.170. The van der Waals surface area contributed by atoms with Gasteiger partial charge >= 0.3 is 0 Å². The van der Waals surface area contributed by atoms with Crippen LogP contribution in [-0.2, 0) is 19.5 Å². The first kappa shape index (κ1) is 14.7. The van der Waals surface area contributed by atoms with E-state index in [-0.39, 0.29) is 4.90 Å². The molecule has 0 aliphatic rings. The minimum Gasteiger partial charge on any atom is -0.275 e. The molecule has 100 valence electrons. The molecule has 0 aliphatic carbocycles. The molecule has 0 saturated heterocycles. The number of hydrogen-bond acceptors (Lipinski definition) is 4. The molecule has 1 aromatic carbocycles. The van der Waals surface area contributed by atoms with E-state index in [9.17, 15) is 13.2 Å². The summed E-state index contributed by atoms with van der Waals surface area (Å²) in [7, 11) is -1.08. The smallest absolute Gasteiger partial charge is 0.267 e. The monoisotopic (exact) mass is 271 g/mol. The number of nitrogens with zero attached hydrogens (tertiary/aromatic N) is 1. The second-order valence-electron chi connectivity index (χ2n) is 4.31. The van der Waals surface area contributed by atoms with E-state index in [1.807, 2.05) is 0 Å². The molecule has 0 aliphatic heterocycles. The molecule has 0 radical (unpaired) electrons. The standard InChI is InChI=1S/C12H17NO4S/c1-12(2,11(14)13(3)17-4)18(15,16)10-8-6-5-7-9-10/h5-9H,1-4H3. The Hall–Kier alpha value is -1.40. The molecule has 0 unspecified atom stereocenters. The molecule has 0 heterocycles. The van der Waals surface area contributed by atoms with Gasteiger partial charge in [-0.1, -0.05) is 18.2 Å². The fourth-order valence-electron chi connectivity index (χ4n) is 1.47. The fourth-order valence-corrected chi connectivity index (χ4v) is 2.93. The molecule has 6 heteroatoms. The Labute approximate surface area is 107 Å². The Morgan fingerprint density at radius 1 is 1.22 bits per heavy atom. The summed E-state index contributed by atoms with van der Waals surface area (Å²) in [5.41, 5.74) is 0. The second-order valence-corrected chi connectivity index (χ2v) is 6.81. The molecular weight excluding hydrogens is 254 g/mol. The Kier molecular flexibility index (Phi) is 4.13. The Morgan fingerprint density at radius 3 is 2.17 bits per heavy atom. The van der Waals surface area contributed by atoms with Gasteiger partial charge in [0.15, 0.2) is 14.6 Å². The predicted molar refractivity (Wildman–Crippen MR) is 67.5 cm³/mol. The quantitative estimate of drug-likeness (QED) is 0.773. The topological polar surface area (TPSA) is 63.7 Å². The van der Waals surface area contributed by atoms with Crippen LogP contribution in [-0.4, -0.2) is 38.3 Å². The van der Waals surface area contributed by atoms with Gasteiger partial charge in [0.25, 0.3) is 5.91 Å². The maximum Gasteiger partial charge on any atom is 0.267 e. The first-order valence-electron chi connectivity index (χ1n) is 5.37. The van der Waals surface area contributed by atoms with Crippen LogP contribution in [0.3, 0.4) is 0 Å². The van der Waals surface area contributed by atoms with E-state index in [2.05, 4.69) is 0 Å². The maximum absolute atomic E-state index is 12.4. The van der Waals surface area contributed by atoms with E-state index in [1.54, 1.807) is 18.2 Å². The zero-order chi connectivity index (χ0) is 14.0. The van der Waals surface area contributed by atoms with Crippen molar-refractivity contribution in [3.8, 4) is 0 Å². The molecule has 0 fully saturated rings. The summed E-state index contributed by atoms with van der Waals surface area (Å²) in [6, 6.07) is 7.89. The van der Waals surface area contributed by atoms with Crippen LogP contribution in [0.15, 0.2) is 35.2 Å². The van der Waals surface area contributed by atoms with Gasteiger partial charge in [-0.2, -0.15) is 0 Å². The number of sulfone groups is 1. The molecule has 0 spiro atoms. The van der Waals surface area contributed by atoms with Crippen molar-refractivity contribution < 1.29 is 18.0 Å². The Morgan fingerprint density at radius 2 is 1.72 bits per heavy atom. The molecule has 0 N–H and O–H groups in total. The van der Waals surface area contributed by atoms with Gasteiger partial charge in [0.1, 0.15) is 0 Å². The molecule has 18 heavy (non-hydrogen) atoms. The highest BCUT2D eigenvalue weighted by atomic mass is 32.2. The Bertz CT molecular complexity index is 522. The fraction of sp³-hybridized carbons (Fsp3) is 0.417. The molecule has 0 bridgehead atoms. The number of rotatable bonds is 4. The van der Waals surface area contributed by atoms with Crippen molar-refractivity contribution in [2.45, 2.75) is 23.5 Å². The van der Waals surface area contributed by atoms with Crippen molar-refractivity contribution in [1.82, 2.24) is 5.06 Å². The summed E-state index contributed by atoms with van der Waals surface area (Å²) >= 11 is 0. The number of carbonyl (C=O) groups excluding carboxylic acids is 1. The van der Waals surface area contributed by atoms with Gasteiger partial charge in [-0.15, -0.1) is 0 Å². The second kappa shape index (κ2) is 5.07. The minimum absolute atomic E-state index is 0.118. The number of carbonyl (C=O) groups is 1. The van der Waals surface area contributed by atoms with Crippen LogP contribution in [0.2, 0.25) is 0 Å². The van der Waals surface area contributed by atoms with E-state index in [1.165, 1.54) is 40.1 Å². The molecule has 0 saturated carbocycles.